The summed E-state index contributed by atoms with van der Waals surface area (Å²) < 4.78 is 0. The number of piperidine rings is 1. The zero-order valence-corrected chi connectivity index (χ0v) is 13.2. The highest BCUT2D eigenvalue weighted by molar-refractivity contribution is 7.10. The van der Waals surface area contributed by atoms with Crippen molar-refractivity contribution in [1.82, 2.24) is 10.2 Å². The third-order valence-electron chi connectivity index (χ3n) is 3.98. The van der Waals surface area contributed by atoms with Gasteiger partial charge >= 0.3 is 5.97 Å². The van der Waals surface area contributed by atoms with Gasteiger partial charge in [0.05, 0.1) is 12.6 Å². The summed E-state index contributed by atoms with van der Waals surface area (Å²) in [5.41, 5.74) is 0. The highest BCUT2D eigenvalue weighted by Gasteiger charge is 2.35. The first-order valence-corrected chi connectivity index (χ1v) is 8.16. The van der Waals surface area contributed by atoms with Crippen molar-refractivity contribution in [1.29, 1.82) is 0 Å². The van der Waals surface area contributed by atoms with Gasteiger partial charge in [-0.1, -0.05) is 13.0 Å². The lowest BCUT2D eigenvalue weighted by Gasteiger charge is -2.36. The van der Waals surface area contributed by atoms with Crippen molar-refractivity contribution < 1.29 is 14.7 Å². The number of carboxylic acid groups (broad SMARTS) is 1. The summed E-state index contributed by atoms with van der Waals surface area (Å²) in [5.74, 6) is -0.865. The van der Waals surface area contributed by atoms with Gasteiger partial charge in [-0.2, -0.15) is 0 Å². The van der Waals surface area contributed by atoms with Crippen molar-refractivity contribution in [3.8, 4) is 0 Å². The van der Waals surface area contributed by atoms with Crippen LogP contribution in [0.3, 0.4) is 0 Å². The van der Waals surface area contributed by atoms with Crippen LogP contribution in [0.15, 0.2) is 17.5 Å². The molecule has 1 fully saturated rings. The highest BCUT2D eigenvalue weighted by atomic mass is 32.1. The van der Waals surface area contributed by atoms with Crippen molar-refractivity contribution in [3.63, 3.8) is 0 Å². The Morgan fingerprint density at radius 3 is 2.95 bits per heavy atom. The molecule has 0 bridgehead atoms. The monoisotopic (exact) mass is 310 g/mol. The fourth-order valence-electron chi connectivity index (χ4n) is 2.93. The molecule has 1 aliphatic heterocycles. The van der Waals surface area contributed by atoms with Gasteiger partial charge in [0.1, 0.15) is 6.04 Å². The minimum atomic E-state index is -0.832. The summed E-state index contributed by atoms with van der Waals surface area (Å²) in [4.78, 5) is 26.4. The Kier molecular flexibility index (Phi) is 5.36. The molecule has 1 saturated heterocycles. The molecule has 0 aromatic carbocycles. The predicted molar refractivity (Wildman–Crippen MR) is 82.3 cm³/mol. The summed E-state index contributed by atoms with van der Waals surface area (Å²) in [6.07, 6.45) is 1.85. The van der Waals surface area contributed by atoms with Crippen LogP contribution >= 0.6 is 11.3 Å². The minimum absolute atomic E-state index is 0.0389. The average molecular weight is 310 g/mol. The molecule has 6 heteroatoms. The first-order valence-electron chi connectivity index (χ1n) is 7.28. The number of hydrogen-bond acceptors (Lipinski definition) is 4. The third-order valence-corrected chi connectivity index (χ3v) is 5.04. The number of thiophene rings is 1. The highest BCUT2D eigenvalue weighted by Crippen LogP contribution is 2.23. The Morgan fingerprint density at radius 1 is 1.57 bits per heavy atom. The summed E-state index contributed by atoms with van der Waals surface area (Å²) in [7, 11) is 0. The molecule has 5 nitrogen and oxygen atoms in total. The number of rotatable bonds is 5. The lowest BCUT2D eigenvalue weighted by molar-refractivity contribution is -0.147. The van der Waals surface area contributed by atoms with E-state index in [2.05, 4.69) is 5.32 Å². The second kappa shape index (κ2) is 7.04. The molecule has 116 valence electrons. The lowest BCUT2D eigenvalue weighted by Crippen LogP contribution is -2.52. The smallest absolute Gasteiger partial charge is 0.321 e. The summed E-state index contributed by atoms with van der Waals surface area (Å²) in [6, 6.07) is 3.35. The largest absolute Gasteiger partial charge is 0.480 e. The second-order valence-electron chi connectivity index (χ2n) is 5.68. The van der Waals surface area contributed by atoms with Crippen LogP contribution in [0.1, 0.15) is 37.6 Å². The van der Waals surface area contributed by atoms with Crippen LogP contribution in [0.4, 0.5) is 0 Å². The Labute approximate surface area is 129 Å². The molecule has 0 saturated carbocycles. The number of carbonyl (C=O) groups is 2. The zero-order chi connectivity index (χ0) is 15.4. The van der Waals surface area contributed by atoms with Gasteiger partial charge in [-0.05, 0) is 43.7 Å². The average Bonchev–Trinajstić information content (AvgIpc) is 2.91. The van der Waals surface area contributed by atoms with Gasteiger partial charge in [-0.15, -0.1) is 11.3 Å². The van der Waals surface area contributed by atoms with Crippen LogP contribution in [0.5, 0.6) is 0 Å². The van der Waals surface area contributed by atoms with E-state index in [1.54, 1.807) is 16.2 Å². The van der Waals surface area contributed by atoms with E-state index in [1.165, 1.54) is 0 Å². The van der Waals surface area contributed by atoms with Crippen LogP contribution in [0.2, 0.25) is 0 Å². The Bertz CT molecular complexity index is 489. The number of carboxylic acids is 1. The number of nitrogens with zero attached hydrogens (tertiary/aromatic N) is 1. The number of likely N-dealkylation sites (tertiary alicyclic amines) is 1. The molecule has 1 aliphatic rings. The van der Waals surface area contributed by atoms with E-state index in [0.29, 0.717) is 6.54 Å². The van der Waals surface area contributed by atoms with Crippen molar-refractivity contribution in [2.24, 2.45) is 5.92 Å². The standard InChI is InChI=1S/C15H22N2O3S/c1-10-5-3-7-17(14(10)15(19)20)9-13(18)16-11(2)12-6-4-8-21-12/h4,6,8,10-11,14H,3,5,7,9H2,1-2H3,(H,16,18)(H,19,20). The van der Waals surface area contributed by atoms with E-state index < -0.39 is 12.0 Å². The molecule has 21 heavy (non-hydrogen) atoms. The van der Waals surface area contributed by atoms with Crippen LogP contribution < -0.4 is 5.32 Å². The molecular weight excluding hydrogens is 288 g/mol. The normalized spacial score (nSPS) is 24.5. The zero-order valence-electron chi connectivity index (χ0n) is 12.4. The molecule has 3 atom stereocenters. The molecule has 1 amide bonds. The number of nitrogens with one attached hydrogen (secondary N) is 1. The number of hydrogen-bond donors (Lipinski definition) is 2. The Hall–Kier alpha value is -1.40. The van der Waals surface area contributed by atoms with Crippen LogP contribution in [0, 0.1) is 5.92 Å². The van der Waals surface area contributed by atoms with Crippen molar-refractivity contribution in [2.75, 3.05) is 13.1 Å². The van der Waals surface area contributed by atoms with Gasteiger partial charge < -0.3 is 10.4 Å². The summed E-state index contributed by atoms with van der Waals surface area (Å²) in [5, 5.41) is 14.3. The Morgan fingerprint density at radius 2 is 2.33 bits per heavy atom. The molecule has 0 aliphatic carbocycles. The van der Waals surface area contributed by atoms with Crippen LogP contribution in [-0.2, 0) is 9.59 Å². The molecule has 1 aromatic heterocycles. The van der Waals surface area contributed by atoms with Crippen molar-refractivity contribution in [2.45, 2.75) is 38.8 Å². The van der Waals surface area contributed by atoms with Crippen molar-refractivity contribution >= 4 is 23.2 Å². The van der Waals surface area contributed by atoms with Gasteiger partial charge in [0.2, 0.25) is 5.91 Å². The quantitative estimate of drug-likeness (QED) is 0.874. The maximum atomic E-state index is 12.2. The molecular formula is C15H22N2O3S. The number of aliphatic carboxylic acids is 1. The van der Waals surface area contributed by atoms with Gasteiger partial charge in [0.25, 0.3) is 0 Å². The summed E-state index contributed by atoms with van der Waals surface area (Å²) in [6.45, 7) is 4.70. The third kappa shape index (κ3) is 4.04. The first kappa shape index (κ1) is 16.0. The Balaban J connectivity index is 1.93. The molecule has 0 radical (unpaired) electrons. The van der Waals surface area contributed by atoms with Gasteiger partial charge in [0.15, 0.2) is 0 Å². The van der Waals surface area contributed by atoms with E-state index in [4.69, 9.17) is 0 Å². The van der Waals surface area contributed by atoms with E-state index in [9.17, 15) is 14.7 Å². The van der Waals surface area contributed by atoms with Gasteiger partial charge in [-0.25, -0.2) is 0 Å². The van der Waals surface area contributed by atoms with E-state index in [1.807, 2.05) is 31.4 Å². The number of amides is 1. The van der Waals surface area contributed by atoms with E-state index >= 15 is 0 Å². The molecule has 1 aromatic rings. The maximum absolute atomic E-state index is 12.2. The molecule has 0 spiro atoms. The fourth-order valence-corrected chi connectivity index (χ4v) is 3.67. The van der Waals surface area contributed by atoms with Crippen LogP contribution in [0.25, 0.3) is 0 Å². The molecule has 2 heterocycles. The maximum Gasteiger partial charge on any atom is 0.321 e. The molecule has 3 unspecified atom stereocenters. The number of carbonyl (C=O) groups excluding carboxylic acids is 1. The fraction of sp³-hybridized carbons (Fsp3) is 0.600. The first-order chi connectivity index (χ1) is 9.99. The van der Waals surface area contributed by atoms with E-state index in [0.717, 1.165) is 17.7 Å². The SMILES string of the molecule is CC(NC(=O)CN1CCCC(C)C1C(=O)O)c1cccs1. The molecule has 2 N–H and O–H groups in total. The predicted octanol–water partition coefficient (Wildman–Crippen LogP) is 2.11. The summed E-state index contributed by atoms with van der Waals surface area (Å²) >= 11 is 1.60. The van der Waals surface area contributed by atoms with Crippen LogP contribution in [-0.4, -0.2) is 41.0 Å². The lowest BCUT2D eigenvalue weighted by atomic mass is 9.91. The second-order valence-corrected chi connectivity index (χ2v) is 6.66. The topological polar surface area (TPSA) is 69.6 Å². The minimum Gasteiger partial charge on any atom is -0.480 e. The molecule has 2 rings (SSSR count). The van der Waals surface area contributed by atoms with Crippen molar-refractivity contribution in [3.05, 3.63) is 22.4 Å². The van der Waals surface area contributed by atoms with Gasteiger partial charge in [0, 0.05) is 4.88 Å². The van der Waals surface area contributed by atoms with Gasteiger partial charge in [-0.3, -0.25) is 14.5 Å². The van der Waals surface area contributed by atoms with E-state index in [-0.39, 0.29) is 24.4 Å².